The van der Waals surface area contributed by atoms with Gasteiger partial charge in [-0.25, -0.2) is 4.98 Å². The molecule has 1 aromatic carbocycles. The van der Waals surface area contributed by atoms with Crippen molar-refractivity contribution in [2.24, 2.45) is 0 Å². The van der Waals surface area contributed by atoms with Crippen molar-refractivity contribution in [2.75, 3.05) is 31.1 Å². The molecule has 1 amide bonds. The number of hydrogen-bond acceptors (Lipinski definition) is 4. The first kappa shape index (κ1) is 20.3. The molecule has 9 heteroatoms. The Morgan fingerprint density at radius 3 is 2.33 bits per heavy atom. The van der Waals surface area contributed by atoms with E-state index in [0.29, 0.717) is 57.8 Å². The molecule has 1 aliphatic rings. The van der Waals surface area contributed by atoms with E-state index >= 15 is 0 Å². The molecule has 5 nitrogen and oxygen atoms in total. The van der Waals surface area contributed by atoms with E-state index in [4.69, 9.17) is 51.1 Å². The summed E-state index contributed by atoms with van der Waals surface area (Å²) in [5.41, 5.74) is 0. The number of carbonyl (C=O) groups is 1. The molecule has 2 heterocycles. The van der Waals surface area contributed by atoms with Crippen LogP contribution in [0.15, 0.2) is 30.5 Å². The molecular weight excluding hydrogens is 432 g/mol. The van der Waals surface area contributed by atoms with Crippen molar-refractivity contribution in [1.29, 1.82) is 0 Å². The summed E-state index contributed by atoms with van der Waals surface area (Å²) in [5.74, 6) is 0.999. The highest BCUT2D eigenvalue weighted by Gasteiger charge is 2.27. The van der Waals surface area contributed by atoms with Gasteiger partial charge in [0.25, 0.3) is 5.91 Å². The molecule has 1 aliphatic heterocycles. The standard InChI is InChI=1S/C18H17Cl4N3O2/c1-11(27-16-3-2-12(19)8-14(16)21)18(26)25-6-4-24(5-7-25)17-15(22)9-13(20)10-23-17/h2-3,8-11H,4-7H2,1H3. The van der Waals surface area contributed by atoms with E-state index in [0.717, 1.165) is 0 Å². The van der Waals surface area contributed by atoms with Crippen molar-refractivity contribution >= 4 is 58.1 Å². The number of nitrogens with zero attached hydrogens (tertiary/aromatic N) is 3. The zero-order valence-corrected chi connectivity index (χ0v) is 17.5. The molecule has 1 unspecified atom stereocenters. The summed E-state index contributed by atoms with van der Waals surface area (Å²) in [5, 5.41) is 1.87. The van der Waals surface area contributed by atoms with Crippen molar-refractivity contribution in [2.45, 2.75) is 13.0 Å². The number of ether oxygens (including phenoxy) is 1. The van der Waals surface area contributed by atoms with Gasteiger partial charge in [-0.3, -0.25) is 4.79 Å². The number of carbonyl (C=O) groups excluding carboxylic acids is 1. The van der Waals surface area contributed by atoms with Crippen LogP contribution in [0.2, 0.25) is 20.1 Å². The molecule has 1 saturated heterocycles. The minimum absolute atomic E-state index is 0.101. The predicted octanol–water partition coefficient (Wildman–Crippen LogP) is 4.81. The number of benzene rings is 1. The molecule has 0 radical (unpaired) electrons. The predicted molar refractivity (Wildman–Crippen MR) is 110 cm³/mol. The highest BCUT2D eigenvalue weighted by Crippen LogP contribution is 2.29. The topological polar surface area (TPSA) is 45.7 Å². The van der Waals surface area contributed by atoms with E-state index < -0.39 is 6.10 Å². The third-order valence-electron chi connectivity index (χ3n) is 4.22. The van der Waals surface area contributed by atoms with Gasteiger partial charge in [0, 0.05) is 37.4 Å². The first-order valence-corrected chi connectivity index (χ1v) is 9.83. The van der Waals surface area contributed by atoms with Crippen LogP contribution in [0.4, 0.5) is 5.82 Å². The summed E-state index contributed by atoms with van der Waals surface area (Å²) in [6.07, 6.45) is 0.902. The van der Waals surface area contributed by atoms with Gasteiger partial charge in [0.2, 0.25) is 0 Å². The van der Waals surface area contributed by atoms with Gasteiger partial charge < -0.3 is 14.5 Å². The maximum absolute atomic E-state index is 12.7. The van der Waals surface area contributed by atoms with Crippen molar-refractivity contribution < 1.29 is 9.53 Å². The second kappa shape index (κ2) is 8.74. The average Bonchev–Trinajstić information content (AvgIpc) is 2.63. The smallest absolute Gasteiger partial charge is 0.263 e. The van der Waals surface area contributed by atoms with Crippen LogP contribution in [-0.4, -0.2) is 48.1 Å². The molecular formula is C18H17Cl4N3O2. The van der Waals surface area contributed by atoms with Crippen LogP contribution < -0.4 is 9.64 Å². The van der Waals surface area contributed by atoms with Crippen molar-refractivity contribution in [3.63, 3.8) is 0 Å². The molecule has 0 spiro atoms. The number of amides is 1. The van der Waals surface area contributed by atoms with Gasteiger partial charge in [0.05, 0.1) is 15.1 Å². The Hall–Kier alpha value is -1.40. The van der Waals surface area contributed by atoms with Crippen LogP contribution in [0.5, 0.6) is 5.75 Å². The molecule has 27 heavy (non-hydrogen) atoms. The Labute approximate surface area is 177 Å². The number of halogens is 4. The fourth-order valence-corrected chi connectivity index (χ4v) is 3.80. The molecule has 3 rings (SSSR count). The lowest BCUT2D eigenvalue weighted by Crippen LogP contribution is -2.52. The maximum Gasteiger partial charge on any atom is 0.263 e. The Bertz CT molecular complexity index is 841. The monoisotopic (exact) mass is 447 g/mol. The van der Waals surface area contributed by atoms with Gasteiger partial charge in [-0.15, -0.1) is 0 Å². The minimum atomic E-state index is -0.660. The van der Waals surface area contributed by atoms with E-state index in [1.807, 2.05) is 4.90 Å². The molecule has 0 aliphatic carbocycles. The average molecular weight is 449 g/mol. The summed E-state index contributed by atoms with van der Waals surface area (Å²) in [4.78, 5) is 20.8. The van der Waals surface area contributed by atoms with Crippen LogP contribution in [0, 0.1) is 0 Å². The summed E-state index contributed by atoms with van der Waals surface area (Å²) in [7, 11) is 0. The van der Waals surface area contributed by atoms with Crippen LogP contribution in [0.25, 0.3) is 0 Å². The first-order chi connectivity index (χ1) is 12.8. The van der Waals surface area contributed by atoms with E-state index in [9.17, 15) is 4.79 Å². The molecule has 0 saturated carbocycles. The lowest BCUT2D eigenvalue weighted by molar-refractivity contribution is -0.138. The Morgan fingerprint density at radius 1 is 1.04 bits per heavy atom. The lowest BCUT2D eigenvalue weighted by Gasteiger charge is -2.36. The number of aromatic nitrogens is 1. The summed E-state index contributed by atoms with van der Waals surface area (Å²) >= 11 is 24.1. The molecule has 1 fully saturated rings. The fourth-order valence-electron chi connectivity index (χ4n) is 2.85. The SMILES string of the molecule is CC(Oc1ccc(Cl)cc1Cl)C(=O)N1CCN(c2ncc(Cl)cc2Cl)CC1. The lowest BCUT2D eigenvalue weighted by atomic mass is 10.2. The quantitative estimate of drug-likeness (QED) is 0.673. The largest absolute Gasteiger partial charge is 0.479 e. The van der Waals surface area contributed by atoms with Crippen molar-refractivity contribution in [1.82, 2.24) is 9.88 Å². The number of anilines is 1. The Morgan fingerprint density at radius 2 is 1.70 bits per heavy atom. The maximum atomic E-state index is 12.7. The second-order valence-electron chi connectivity index (χ2n) is 6.11. The van der Waals surface area contributed by atoms with Crippen LogP contribution in [0.3, 0.4) is 0 Å². The van der Waals surface area contributed by atoms with E-state index in [-0.39, 0.29) is 5.91 Å². The Balaban J connectivity index is 1.59. The number of rotatable bonds is 4. The van der Waals surface area contributed by atoms with Crippen LogP contribution in [-0.2, 0) is 4.79 Å². The van der Waals surface area contributed by atoms with Gasteiger partial charge in [-0.05, 0) is 31.2 Å². The minimum Gasteiger partial charge on any atom is -0.479 e. The third kappa shape index (κ3) is 4.91. The molecule has 0 bridgehead atoms. The highest BCUT2D eigenvalue weighted by atomic mass is 35.5. The molecule has 1 aromatic heterocycles. The summed E-state index contributed by atoms with van der Waals surface area (Å²) in [6, 6.07) is 6.56. The molecule has 144 valence electrons. The molecule has 2 aromatic rings. The third-order valence-corrected chi connectivity index (χ3v) is 5.24. The summed E-state index contributed by atoms with van der Waals surface area (Å²) < 4.78 is 5.72. The zero-order valence-electron chi connectivity index (χ0n) is 14.5. The van der Waals surface area contributed by atoms with Crippen molar-refractivity contribution in [3.8, 4) is 5.75 Å². The highest BCUT2D eigenvalue weighted by molar-refractivity contribution is 6.36. The first-order valence-electron chi connectivity index (χ1n) is 8.31. The van der Waals surface area contributed by atoms with E-state index in [1.54, 1.807) is 42.3 Å². The number of piperazine rings is 1. The number of pyridine rings is 1. The van der Waals surface area contributed by atoms with Crippen molar-refractivity contribution in [3.05, 3.63) is 50.6 Å². The zero-order chi connectivity index (χ0) is 19.6. The molecule has 1 atom stereocenters. The molecule has 0 N–H and O–H groups in total. The summed E-state index contributed by atoms with van der Waals surface area (Å²) in [6.45, 7) is 4.03. The number of hydrogen-bond donors (Lipinski definition) is 0. The van der Waals surface area contributed by atoms with Gasteiger partial charge in [0.15, 0.2) is 6.10 Å². The van der Waals surface area contributed by atoms with Crippen LogP contribution >= 0.6 is 46.4 Å². The van der Waals surface area contributed by atoms with Gasteiger partial charge in [-0.1, -0.05) is 46.4 Å². The van der Waals surface area contributed by atoms with E-state index in [2.05, 4.69) is 4.98 Å². The van der Waals surface area contributed by atoms with Gasteiger partial charge in [-0.2, -0.15) is 0 Å². The van der Waals surface area contributed by atoms with Crippen LogP contribution in [0.1, 0.15) is 6.92 Å². The normalized spacial score (nSPS) is 15.6. The fraction of sp³-hybridized carbons (Fsp3) is 0.333. The van der Waals surface area contributed by atoms with E-state index in [1.165, 1.54) is 0 Å². The van der Waals surface area contributed by atoms with Gasteiger partial charge in [0.1, 0.15) is 11.6 Å². The van der Waals surface area contributed by atoms with Gasteiger partial charge >= 0.3 is 0 Å². The Kier molecular flexibility index (Phi) is 6.58. The second-order valence-corrected chi connectivity index (χ2v) is 7.79.